The highest BCUT2D eigenvalue weighted by atomic mass is 19.3. The Morgan fingerprint density at radius 1 is 1.50 bits per heavy atom. The zero-order chi connectivity index (χ0) is 8.97. The van der Waals surface area contributed by atoms with Gasteiger partial charge in [-0.25, -0.2) is 8.78 Å². The van der Waals surface area contributed by atoms with E-state index in [1.165, 1.54) is 12.3 Å². The molecule has 0 atom stereocenters. The molecule has 1 N–H and O–H groups in total. The minimum atomic E-state index is -2.48. The molecule has 0 aliphatic heterocycles. The molecule has 0 saturated heterocycles. The molecule has 0 unspecified atom stereocenters. The summed E-state index contributed by atoms with van der Waals surface area (Å²) in [6, 6.07) is 2.99. The van der Waals surface area contributed by atoms with Crippen molar-refractivity contribution in [3.8, 4) is 0 Å². The molecule has 0 amide bonds. The third-order valence-electron chi connectivity index (χ3n) is 1.45. The molecule has 1 rings (SSSR count). The van der Waals surface area contributed by atoms with Gasteiger partial charge in [-0.05, 0) is 18.7 Å². The molecule has 0 aliphatic rings. The molecule has 0 spiro atoms. The van der Waals surface area contributed by atoms with Gasteiger partial charge in [0.25, 0.3) is 6.43 Å². The molecule has 0 fully saturated rings. The van der Waals surface area contributed by atoms with Gasteiger partial charge in [0, 0.05) is 12.7 Å². The van der Waals surface area contributed by atoms with Crippen LogP contribution < -0.4 is 5.32 Å². The SMILES string of the molecule is CNCc1ccc(C(F)F)nc1. The summed E-state index contributed by atoms with van der Waals surface area (Å²) in [6.45, 7) is 0.649. The van der Waals surface area contributed by atoms with Crippen molar-refractivity contribution < 1.29 is 8.78 Å². The van der Waals surface area contributed by atoms with Gasteiger partial charge in [-0.15, -0.1) is 0 Å². The third-order valence-corrected chi connectivity index (χ3v) is 1.45. The van der Waals surface area contributed by atoms with Crippen LogP contribution in [-0.2, 0) is 6.54 Å². The number of halogens is 2. The third kappa shape index (κ3) is 2.23. The van der Waals surface area contributed by atoms with Crippen LogP contribution in [0.4, 0.5) is 8.78 Å². The van der Waals surface area contributed by atoms with Gasteiger partial charge in [0.2, 0.25) is 0 Å². The van der Waals surface area contributed by atoms with Crippen LogP contribution in [0, 0.1) is 0 Å². The van der Waals surface area contributed by atoms with E-state index < -0.39 is 6.43 Å². The van der Waals surface area contributed by atoms with Gasteiger partial charge in [-0.3, -0.25) is 4.98 Å². The van der Waals surface area contributed by atoms with Gasteiger partial charge in [0.1, 0.15) is 5.69 Å². The second-order valence-electron chi connectivity index (χ2n) is 2.42. The van der Waals surface area contributed by atoms with E-state index in [1.807, 2.05) is 0 Å². The highest BCUT2D eigenvalue weighted by Gasteiger charge is 2.06. The van der Waals surface area contributed by atoms with Crippen LogP contribution in [0.1, 0.15) is 17.7 Å². The van der Waals surface area contributed by atoms with E-state index in [2.05, 4.69) is 10.3 Å². The predicted octanol–water partition coefficient (Wildman–Crippen LogP) is 1.74. The van der Waals surface area contributed by atoms with Crippen molar-refractivity contribution in [2.75, 3.05) is 7.05 Å². The average Bonchev–Trinajstić information content (AvgIpc) is 2.06. The first-order chi connectivity index (χ1) is 5.74. The molecule has 2 nitrogen and oxygen atoms in total. The number of aromatic nitrogens is 1. The Morgan fingerprint density at radius 3 is 2.67 bits per heavy atom. The molecule has 1 heterocycles. The van der Waals surface area contributed by atoms with Crippen molar-refractivity contribution in [1.82, 2.24) is 10.3 Å². The Kier molecular flexibility index (Phi) is 3.10. The van der Waals surface area contributed by atoms with Gasteiger partial charge in [0.05, 0.1) is 0 Å². The number of nitrogens with one attached hydrogen (secondary N) is 1. The van der Waals surface area contributed by atoms with Crippen LogP contribution in [0.2, 0.25) is 0 Å². The van der Waals surface area contributed by atoms with Crippen molar-refractivity contribution in [1.29, 1.82) is 0 Å². The van der Waals surface area contributed by atoms with E-state index in [9.17, 15) is 8.78 Å². The summed E-state index contributed by atoms with van der Waals surface area (Å²) in [6.07, 6.45) is -1.02. The molecule has 12 heavy (non-hydrogen) atoms. The average molecular weight is 172 g/mol. The van der Waals surface area contributed by atoms with Crippen molar-refractivity contribution in [3.05, 3.63) is 29.6 Å². The monoisotopic (exact) mass is 172 g/mol. The minimum absolute atomic E-state index is 0.171. The number of rotatable bonds is 3. The summed E-state index contributed by atoms with van der Waals surface area (Å²) in [5.41, 5.74) is 0.733. The summed E-state index contributed by atoms with van der Waals surface area (Å²) in [4.78, 5) is 3.61. The fourth-order valence-electron chi connectivity index (χ4n) is 0.874. The zero-order valence-corrected chi connectivity index (χ0v) is 6.72. The largest absolute Gasteiger partial charge is 0.316 e. The Balaban J connectivity index is 2.71. The van der Waals surface area contributed by atoms with Gasteiger partial charge in [-0.1, -0.05) is 6.07 Å². The van der Waals surface area contributed by atoms with Crippen molar-refractivity contribution in [2.45, 2.75) is 13.0 Å². The van der Waals surface area contributed by atoms with Crippen LogP contribution in [0.5, 0.6) is 0 Å². The molecular weight excluding hydrogens is 162 g/mol. The van der Waals surface area contributed by atoms with Crippen LogP contribution in [0.15, 0.2) is 18.3 Å². The lowest BCUT2D eigenvalue weighted by Crippen LogP contribution is -2.05. The van der Waals surface area contributed by atoms with E-state index >= 15 is 0 Å². The highest BCUT2D eigenvalue weighted by molar-refractivity contribution is 5.14. The summed E-state index contributed by atoms with van der Waals surface area (Å²) in [5, 5.41) is 2.91. The lowest BCUT2D eigenvalue weighted by atomic mass is 10.2. The quantitative estimate of drug-likeness (QED) is 0.751. The molecule has 0 saturated carbocycles. The number of alkyl halides is 2. The van der Waals surface area contributed by atoms with E-state index in [4.69, 9.17) is 0 Å². The molecule has 4 heteroatoms. The second-order valence-corrected chi connectivity index (χ2v) is 2.42. The first kappa shape index (κ1) is 9.06. The van der Waals surface area contributed by atoms with Crippen molar-refractivity contribution in [3.63, 3.8) is 0 Å². The zero-order valence-electron chi connectivity index (χ0n) is 6.72. The second kappa shape index (κ2) is 4.11. The van der Waals surface area contributed by atoms with Crippen LogP contribution in [0.25, 0.3) is 0 Å². The molecule has 66 valence electrons. The normalized spacial score (nSPS) is 10.7. The van der Waals surface area contributed by atoms with E-state index in [-0.39, 0.29) is 5.69 Å². The maximum Gasteiger partial charge on any atom is 0.280 e. The first-order valence-corrected chi connectivity index (χ1v) is 3.61. The lowest BCUT2D eigenvalue weighted by Gasteiger charge is -2.01. The van der Waals surface area contributed by atoms with Crippen molar-refractivity contribution in [2.24, 2.45) is 0 Å². The summed E-state index contributed by atoms with van der Waals surface area (Å²) in [7, 11) is 1.79. The van der Waals surface area contributed by atoms with E-state index in [0.717, 1.165) is 5.56 Å². The molecule has 1 aromatic heterocycles. The summed E-state index contributed by atoms with van der Waals surface area (Å²) < 4.78 is 24.0. The Morgan fingerprint density at radius 2 is 2.25 bits per heavy atom. The van der Waals surface area contributed by atoms with Gasteiger partial charge in [0.15, 0.2) is 0 Å². The Hall–Kier alpha value is -1.03. The van der Waals surface area contributed by atoms with E-state index in [0.29, 0.717) is 6.54 Å². The number of nitrogens with zero attached hydrogens (tertiary/aromatic N) is 1. The first-order valence-electron chi connectivity index (χ1n) is 3.61. The Bertz CT molecular complexity index is 233. The smallest absolute Gasteiger partial charge is 0.280 e. The number of hydrogen-bond acceptors (Lipinski definition) is 2. The Labute approximate surface area is 69.6 Å². The fraction of sp³-hybridized carbons (Fsp3) is 0.375. The van der Waals surface area contributed by atoms with Crippen LogP contribution in [0.3, 0.4) is 0 Å². The van der Waals surface area contributed by atoms with Gasteiger partial charge in [-0.2, -0.15) is 0 Å². The predicted molar refractivity (Wildman–Crippen MR) is 42.0 cm³/mol. The molecule has 0 aromatic carbocycles. The fourth-order valence-corrected chi connectivity index (χ4v) is 0.874. The maximum atomic E-state index is 12.0. The van der Waals surface area contributed by atoms with Crippen LogP contribution in [-0.4, -0.2) is 12.0 Å². The summed E-state index contributed by atoms with van der Waals surface area (Å²) >= 11 is 0. The molecule has 1 aromatic rings. The van der Waals surface area contributed by atoms with Gasteiger partial charge >= 0.3 is 0 Å². The number of hydrogen-bond donors (Lipinski definition) is 1. The van der Waals surface area contributed by atoms with Crippen LogP contribution >= 0.6 is 0 Å². The molecule has 0 radical (unpaired) electrons. The minimum Gasteiger partial charge on any atom is -0.316 e. The summed E-state index contributed by atoms with van der Waals surface area (Å²) in [5.74, 6) is 0. The maximum absolute atomic E-state index is 12.0. The highest BCUT2D eigenvalue weighted by Crippen LogP contribution is 2.15. The van der Waals surface area contributed by atoms with Gasteiger partial charge < -0.3 is 5.32 Å². The van der Waals surface area contributed by atoms with E-state index in [1.54, 1.807) is 13.1 Å². The molecule has 0 aliphatic carbocycles. The topological polar surface area (TPSA) is 24.9 Å². The number of pyridine rings is 1. The van der Waals surface area contributed by atoms with Crippen molar-refractivity contribution >= 4 is 0 Å². The molecular formula is C8H10F2N2. The lowest BCUT2D eigenvalue weighted by molar-refractivity contribution is 0.146. The standard InChI is InChI=1S/C8H10F2N2/c1-11-4-6-2-3-7(8(9)10)12-5-6/h2-3,5,8,11H,4H2,1H3. The molecule has 0 bridgehead atoms.